The van der Waals surface area contributed by atoms with Crippen molar-refractivity contribution >= 4 is 0 Å². The second-order valence-corrected chi connectivity index (χ2v) is 23.0. The molecule has 17 heteroatoms. The molecule has 0 saturated carbocycles. The maximum atomic E-state index is 12.4. The molecule has 2 N–H and O–H groups in total. The summed E-state index contributed by atoms with van der Waals surface area (Å²) in [5.41, 5.74) is 6.59. The van der Waals surface area contributed by atoms with Gasteiger partial charge in [-0.3, -0.25) is 0 Å². The normalized spacial score (nSPS) is 28.0. The molecule has 0 bridgehead atoms. The summed E-state index contributed by atoms with van der Waals surface area (Å²) in [6.07, 6.45) is -12.2. The summed E-state index contributed by atoms with van der Waals surface area (Å²) in [6.45, 7) is 5.81. The molecule has 4 aliphatic heterocycles. The van der Waals surface area contributed by atoms with E-state index in [2.05, 4.69) is 6.58 Å². The van der Waals surface area contributed by atoms with Gasteiger partial charge >= 0.3 is 0 Å². The molecule has 4 aliphatic rings. The first kappa shape index (κ1) is 66.1. The van der Waals surface area contributed by atoms with Crippen LogP contribution in [0.1, 0.15) is 51.8 Å². The molecule has 4 saturated heterocycles. The SMILES string of the molecule is C=CCCCO[C@H]1O[C@H](CO[C@H]2O[C@H](CO[C@H]3O[C@H](COCc4ccccc4)[C@@H](OCc4ccccc4)[C@@H]3O)[C@@H](O[C@H]3O[C@H](COCc4ccccc4)[C@@H](OCc4ccccc4)[C@@H]3O)[C@@H]2OCc2ccccc2)[C@@H](OCc2ccccc2)[C@@H]1OCc1ccccc1. The van der Waals surface area contributed by atoms with Gasteiger partial charge in [-0.15, -0.1) is 6.58 Å². The topological polar surface area (TPSA) is 179 Å². The molecule has 11 rings (SSSR count). The number of hydrogen-bond donors (Lipinski definition) is 2. The highest BCUT2D eigenvalue weighted by atomic mass is 16.8. The molecule has 0 aromatic heterocycles. The lowest BCUT2D eigenvalue weighted by Crippen LogP contribution is -2.46. The first-order chi connectivity index (χ1) is 44.9. The van der Waals surface area contributed by atoms with E-state index < -0.39 is 98.4 Å². The van der Waals surface area contributed by atoms with Crippen molar-refractivity contribution in [3.05, 3.63) is 264 Å². The fraction of sp³-hybridized carbons (Fsp3) is 0.405. The van der Waals surface area contributed by atoms with Crippen LogP contribution in [0.3, 0.4) is 0 Å². The van der Waals surface area contributed by atoms with Gasteiger partial charge in [-0.05, 0) is 51.8 Å². The largest absolute Gasteiger partial charge is 0.385 e. The van der Waals surface area contributed by atoms with Gasteiger partial charge < -0.3 is 81.3 Å². The number of hydrogen-bond acceptors (Lipinski definition) is 17. The summed E-state index contributed by atoms with van der Waals surface area (Å²) in [7, 11) is 0. The van der Waals surface area contributed by atoms with Crippen LogP contribution in [0, 0.1) is 0 Å². The highest BCUT2D eigenvalue weighted by Crippen LogP contribution is 2.37. The summed E-state index contributed by atoms with van der Waals surface area (Å²) in [6, 6.07) is 68.6. The third-order valence-corrected chi connectivity index (χ3v) is 16.3. The van der Waals surface area contributed by atoms with Crippen molar-refractivity contribution in [2.45, 2.75) is 157 Å². The van der Waals surface area contributed by atoms with Gasteiger partial charge in [0, 0.05) is 0 Å². The zero-order valence-corrected chi connectivity index (χ0v) is 51.1. The Hall–Kier alpha value is -6.40. The Morgan fingerprint density at radius 3 is 1.01 bits per heavy atom. The molecule has 4 heterocycles. The van der Waals surface area contributed by atoms with Crippen LogP contribution in [-0.4, -0.2) is 142 Å². The number of aliphatic hydroxyl groups excluding tert-OH is 2. The fourth-order valence-electron chi connectivity index (χ4n) is 11.5. The molecule has 0 unspecified atom stereocenters. The molecule has 482 valence electrons. The van der Waals surface area contributed by atoms with Crippen LogP contribution < -0.4 is 0 Å². The average Bonchev–Trinajstić information content (AvgIpc) is 1.73. The van der Waals surface area contributed by atoms with Crippen molar-refractivity contribution in [3.63, 3.8) is 0 Å². The number of unbranched alkanes of at least 4 members (excludes halogenated alkanes) is 1. The van der Waals surface area contributed by atoms with Crippen molar-refractivity contribution in [1.29, 1.82) is 0 Å². The zero-order valence-electron chi connectivity index (χ0n) is 51.1. The molecular formula is C74H84O17. The molecular weight excluding hydrogens is 1160 g/mol. The number of allylic oxidation sites excluding steroid dienone is 1. The lowest BCUT2D eigenvalue weighted by Gasteiger charge is -2.29. The molecule has 4 fully saturated rings. The summed E-state index contributed by atoms with van der Waals surface area (Å²) < 4.78 is 100. The molecule has 0 aliphatic carbocycles. The Bertz CT molecular complexity index is 3120. The van der Waals surface area contributed by atoms with E-state index in [1.54, 1.807) is 0 Å². The Morgan fingerprint density at radius 2 is 0.604 bits per heavy atom. The molecule has 91 heavy (non-hydrogen) atoms. The molecule has 0 radical (unpaired) electrons. The van der Waals surface area contributed by atoms with E-state index in [1.165, 1.54) is 0 Å². The van der Waals surface area contributed by atoms with E-state index in [1.807, 2.05) is 218 Å². The number of aliphatic hydroxyl groups is 2. The van der Waals surface area contributed by atoms with E-state index >= 15 is 0 Å². The maximum Gasteiger partial charge on any atom is 0.187 e. The van der Waals surface area contributed by atoms with Gasteiger partial charge in [-0.25, -0.2) is 0 Å². The van der Waals surface area contributed by atoms with Crippen LogP contribution in [-0.2, 0) is 117 Å². The van der Waals surface area contributed by atoms with Crippen molar-refractivity contribution < 1.29 is 81.3 Å². The van der Waals surface area contributed by atoms with Gasteiger partial charge in [0.25, 0.3) is 0 Å². The minimum absolute atomic E-state index is 0.0726. The summed E-state index contributed by atoms with van der Waals surface area (Å²) in [5, 5.41) is 24.6. The van der Waals surface area contributed by atoms with Gasteiger partial charge in [-0.2, -0.15) is 0 Å². The second kappa shape index (κ2) is 35.0. The van der Waals surface area contributed by atoms with E-state index in [0.29, 0.717) is 19.8 Å². The minimum atomic E-state index is -1.32. The zero-order chi connectivity index (χ0) is 62.2. The first-order valence-electron chi connectivity index (χ1n) is 31.5. The Balaban J connectivity index is 0.880. The standard InChI is InChI=1S/C74H84O17/c1-2-3-25-40-79-73-69(83-46-57-36-21-9-22-37-57)67(82-45-56-34-19-8-20-35-56)61(89-73)50-86-74-70(84-47-58-38-23-10-24-39-58)68(91-72-64(76)66(81-44-55-32-17-7-18-33-55)60(88-72)49-78-42-53-28-13-5-14-29-53)62(90-74)51-85-71-63(75)65(80-43-54-30-15-6-16-31-54)59(87-71)48-77-41-52-26-11-4-12-27-52/h2,4-24,26-39,59-76H,1,3,25,40-51H2/t59-,60-,61-,62-,63+,64+,65-,66-,67-,68-,69+,70+,71+,72-,73+,74+/m1/s1. The predicted molar refractivity (Wildman–Crippen MR) is 336 cm³/mol. The first-order valence-corrected chi connectivity index (χ1v) is 31.5. The summed E-state index contributed by atoms with van der Waals surface area (Å²) in [4.78, 5) is 0. The average molecular weight is 1250 g/mol. The van der Waals surface area contributed by atoms with Crippen molar-refractivity contribution in [3.8, 4) is 0 Å². The van der Waals surface area contributed by atoms with Crippen LogP contribution >= 0.6 is 0 Å². The van der Waals surface area contributed by atoms with Gasteiger partial charge in [-0.1, -0.05) is 218 Å². The molecule has 0 amide bonds. The number of ether oxygens (including phenoxy) is 15. The molecule has 16 atom stereocenters. The summed E-state index contributed by atoms with van der Waals surface area (Å²) in [5.74, 6) is 0. The van der Waals surface area contributed by atoms with Gasteiger partial charge in [0.2, 0.25) is 0 Å². The highest BCUT2D eigenvalue weighted by molar-refractivity contribution is 5.19. The minimum Gasteiger partial charge on any atom is -0.385 e. The lowest BCUT2D eigenvalue weighted by atomic mass is 10.1. The van der Waals surface area contributed by atoms with Crippen LogP contribution in [0.4, 0.5) is 0 Å². The molecule has 7 aromatic carbocycles. The Labute approximate surface area is 533 Å². The van der Waals surface area contributed by atoms with Crippen LogP contribution in [0.5, 0.6) is 0 Å². The molecule has 0 spiro atoms. The fourth-order valence-corrected chi connectivity index (χ4v) is 11.5. The van der Waals surface area contributed by atoms with Gasteiger partial charge in [0.1, 0.15) is 73.2 Å². The molecule has 17 nitrogen and oxygen atoms in total. The van der Waals surface area contributed by atoms with Crippen LogP contribution in [0.2, 0.25) is 0 Å². The number of rotatable bonds is 36. The van der Waals surface area contributed by atoms with Gasteiger partial charge in [0.15, 0.2) is 25.2 Å². The quantitative estimate of drug-likeness (QED) is 0.0280. The van der Waals surface area contributed by atoms with E-state index in [0.717, 1.165) is 51.8 Å². The predicted octanol–water partition coefficient (Wildman–Crippen LogP) is 10.4. The molecule has 7 aromatic rings. The van der Waals surface area contributed by atoms with Gasteiger partial charge in [0.05, 0.1) is 79.3 Å². The Morgan fingerprint density at radius 1 is 0.308 bits per heavy atom. The Kier molecular flexibility index (Phi) is 25.4. The maximum absolute atomic E-state index is 12.4. The van der Waals surface area contributed by atoms with E-state index in [4.69, 9.17) is 71.1 Å². The van der Waals surface area contributed by atoms with Crippen molar-refractivity contribution in [1.82, 2.24) is 0 Å². The smallest absolute Gasteiger partial charge is 0.187 e. The summed E-state index contributed by atoms with van der Waals surface area (Å²) >= 11 is 0. The van der Waals surface area contributed by atoms with E-state index in [-0.39, 0.29) is 59.5 Å². The number of benzene rings is 7. The van der Waals surface area contributed by atoms with E-state index in [9.17, 15) is 10.2 Å². The van der Waals surface area contributed by atoms with Crippen molar-refractivity contribution in [2.24, 2.45) is 0 Å². The van der Waals surface area contributed by atoms with Crippen molar-refractivity contribution in [2.75, 3.05) is 33.0 Å². The monoisotopic (exact) mass is 1240 g/mol. The van der Waals surface area contributed by atoms with Crippen LogP contribution in [0.25, 0.3) is 0 Å². The highest BCUT2D eigenvalue weighted by Gasteiger charge is 2.55. The third kappa shape index (κ3) is 19.1. The third-order valence-electron chi connectivity index (χ3n) is 16.3. The lowest BCUT2D eigenvalue weighted by molar-refractivity contribution is -0.231. The second-order valence-electron chi connectivity index (χ2n) is 23.0. The van der Waals surface area contributed by atoms with Crippen LogP contribution in [0.15, 0.2) is 225 Å².